The zero-order valence-electron chi connectivity index (χ0n) is 20.2. The van der Waals surface area contributed by atoms with Crippen molar-refractivity contribution in [1.82, 2.24) is 0 Å². The summed E-state index contributed by atoms with van der Waals surface area (Å²) in [5.41, 5.74) is 1.19. The molecule has 0 aromatic heterocycles. The van der Waals surface area contributed by atoms with Crippen LogP contribution in [0.1, 0.15) is 0 Å². The number of ether oxygens (including phenoxy) is 8. The molecule has 182 valence electrons. The topological polar surface area (TPSA) is 94.1 Å². The molecule has 1 N–H and O–H groups in total. The highest BCUT2D eigenvalue weighted by Crippen LogP contribution is 2.52. The molecule has 0 spiro atoms. The molecule has 0 fully saturated rings. The maximum atomic E-state index is 10.5. The van der Waals surface area contributed by atoms with Gasteiger partial charge in [-0.2, -0.15) is 0 Å². The molecule has 0 aliphatic rings. The molecule has 0 aliphatic carbocycles. The lowest BCUT2D eigenvalue weighted by atomic mass is 10.00. The van der Waals surface area contributed by atoms with Gasteiger partial charge >= 0.3 is 0 Å². The van der Waals surface area contributed by atoms with E-state index in [-0.39, 0.29) is 17.2 Å². The fourth-order valence-corrected chi connectivity index (χ4v) is 3.50. The Hall–Kier alpha value is -4.14. The van der Waals surface area contributed by atoms with Gasteiger partial charge in [0.1, 0.15) is 40.2 Å². The third kappa shape index (κ3) is 4.63. The number of hydrogen-bond acceptors (Lipinski definition) is 9. The molecule has 0 amide bonds. The minimum Gasteiger partial charge on any atom is -0.504 e. The average Bonchev–Trinajstić information content (AvgIpc) is 2.87. The number of benzene rings is 3. The first kappa shape index (κ1) is 24.5. The van der Waals surface area contributed by atoms with Crippen molar-refractivity contribution in [2.45, 2.75) is 0 Å². The molecule has 9 nitrogen and oxygen atoms in total. The van der Waals surface area contributed by atoms with E-state index >= 15 is 0 Å². The molecule has 0 unspecified atom stereocenters. The number of hydrogen-bond donors (Lipinski definition) is 1. The van der Waals surface area contributed by atoms with Crippen LogP contribution < -0.4 is 37.9 Å². The molecule has 0 bridgehead atoms. The predicted molar refractivity (Wildman–Crippen MR) is 126 cm³/mol. The monoisotopic (exact) mass is 472 g/mol. The minimum atomic E-state index is -0.156. The van der Waals surface area contributed by atoms with Crippen LogP contribution >= 0.6 is 0 Å². The zero-order valence-corrected chi connectivity index (χ0v) is 20.2. The van der Waals surface area contributed by atoms with Crippen molar-refractivity contribution >= 4 is 0 Å². The van der Waals surface area contributed by atoms with Gasteiger partial charge in [0.05, 0.1) is 60.9 Å². The van der Waals surface area contributed by atoms with Gasteiger partial charge in [-0.3, -0.25) is 0 Å². The van der Waals surface area contributed by atoms with Crippen LogP contribution in [0.25, 0.3) is 11.1 Å². The van der Waals surface area contributed by atoms with E-state index in [4.69, 9.17) is 37.9 Å². The van der Waals surface area contributed by atoms with Gasteiger partial charge in [0.25, 0.3) is 0 Å². The lowest BCUT2D eigenvalue weighted by molar-refractivity contribution is 0.344. The third-order valence-electron chi connectivity index (χ3n) is 5.13. The van der Waals surface area contributed by atoms with Crippen molar-refractivity contribution in [3.05, 3.63) is 36.4 Å². The Morgan fingerprint density at radius 2 is 0.794 bits per heavy atom. The van der Waals surface area contributed by atoms with E-state index in [0.717, 1.165) is 0 Å². The molecule has 34 heavy (non-hydrogen) atoms. The summed E-state index contributed by atoms with van der Waals surface area (Å²) in [5, 5.41) is 10.5. The molecule has 3 aromatic rings. The van der Waals surface area contributed by atoms with Crippen molar-refractivity contribution < 1.29 is 43.0 Å². The summed E-state index contributed by atoms with van der Waals surface area (Å²) in [6.07, 6.45) is 0. The normalized spacial score (nSPS) is 10.3. The first-order valence-electron chi connectivity index (χ1n) is 10.1. The molecule has 0 heterocycles. The van der Waals surface area contributed by atoms with Crippen molar-refractivity contribution in [3.63, 3.8) is 0 Å². The standard InChI is InChI=1S/C25H28O9/c1-27-14-8-17(26)25(22(11-14)33-7)34-16-12-20(31-5)24(21(13-16)32-6)23-18(29-3)9-15(28-2)10-19(23)30-4/h8-13,26H,1-7H3. The van der Waals surface area contributed by atoms with Crippen molar-refractivity contribution in [2.75, 3.05) is 49.8 Å². The Balaban J connectivity index is 2.19. The van der Waals surface area contributed by atoms with Crippen molar-refractivity contribution in [3.8, 4) is 68.6 Å². The van der Waals surface area contributed by atoms with E-state index < -0.39 is 0 Å². The van der Waals surface area contributed by atoms with Crippen LogP contribution in [0, 0.1) is 0 Å². The molecule has 0 aliphatic heterocycles. The number of methoxy groups -OCH3 is 7. The van der Waals surface area contributed by atoms with Gasteiger partial charge in [-0.25, -0.2) is 0 Å². The molecule has 0 radical (unpaired) electrons. The summed E-state index contributed by atoms with van der Waals surface area (Å²) in [6, 6.07) is 9.82. The minimum absolute atomic E-state index is 0.111. The van der Waals surface area contributed by atoms with E-state index in [1.54, 1.807) is 51.7 Å². The summed E-state index contributed by atoms with van der Waals surface area (Å²) in [4.78, 5) is 0. The van der Waals surface area contributed by atoms with Gasteiger partial charge in [0.15, 0.2) is 11.5 Å². The van der Waals surface area contributed by atoms with E-state index in [1.807, 2.05) is 0 Å². The molecule has 3 rings (SSSR count). The van der Waals surface area contributed by atoms with Crippen LogP contribution in [0.15, 0.2) is 36.4 Å². The number of phenolic OH excluding ortho intramolecular Hbond substituents is 1. The summed E-state index contributed by atoms with van der Waals surface area (Å²) in [6.45, 7) is 0. The van der Waals surface area contributed by atoms with Crippen LogP contribution in [0.2, 0.25) is 0 Å². The molecule has 0 atom stereocenters. The van der Waals surface area contributed by atoms with Gasteiger partial charge in [-0.15, -0.1) is 0 Å². The van der Waals surface area contributed by atoms with Gasteiger partial charge < -0.3 is 43.0 Å². The van der Waals surface area contributed by atoms with E-state index in [9.17, 15) is 5.11 Å². The molecular weight excluding hydrogens is 444 g/mol. The van der Waals surface area contributed by atoms with Crippen molar-refractivity contribution in [2.24, 2.45) is 0 Å². The fraction of sp³-hybridized carbons (Fsp3) is 0.280. The summed E-state index contributed by atoms with van der Waals surface area (Å²) < 4.78 is 44.5. The Morgan fingerprint density at radius 1 is 0.441 bits per heavy atom. The molecule has 9 heteroatoms. The quantitative estimate of drug-likeness (QED) is 0.442. The SMILES string of the molecule is COc1cc(O)c(Oc2cc(OC)c(-c3c(OC)cc(OC)cc3OC)c(OC)c2)c(OC)c1. The second kappa shape index (κ2) is 10.7. The Kier molecular flexibility index (Phi) is 7.68. The second-order valence-electron chi connectivity index (χ2n) is 6.89. The van der Waals surface area contributed by atoms with E-state index in [1.165, 1.54) is 34.5 Å². The Bertz CT molecular complexity index is 1110. The largest absolute Gasteiger partial charge is 0.504 e. The number of aromatic hydroxyl groups is 1. The molecular formula is C25H28O9. The van der Waals surface area contributed by atoms with Crippen molar-refractivity contribution in [1.29, 1.82) is 0 Å². The van der Waals surface area contributed by atoms with Gasteiger partial charge in [-0.1, -0.05) is 0 Å². The highest BCUT2D eigenvalue weighted by Gasteiger charge is 2.25. The van der Waals surface area contributed by atoms with Crippen LogP contribution in [0.5, 0.6) is 57.5 Å². The van der Waals surface area contributed by atoms with Crippen LogP contribution in [-0.4, -0.2) is 54.9 Å². The van der Waals surface area contributed by atoms with E-state index in [0.29, 0.717) is 51.4 Å². The van der Waals surface area contributed by atoms with Crippen LogP contribution in [0.3, 0.4) is 0 Å². The first-order valence-corrected chi connectivity index (χ1v) is 10.1. The molecule has 0 saturated carbocycles. The summed E-state index contributed by atoms with van der Waals surface area (Å²) >= 11 is 0. The van der Waals surface area contributed by atoms with E-state index in [2.05, 4.69) is 0 Å². The Morgan fingerprint density at radius 3 is 1.18 bits per heavy atom. The number of rotatable bonds is 10. The molecule has 0 saturated heterocycles. The highest BCUT2D eigenvalue weighted by molar-refractivity contribution is 5.87. The zero-order chi connectivity index (χ0) is 24.8. The third-order valence-corrected chi connectivity index (χ3v) is 5.13. The maximum absolute atomic E-state index is 10.5. The lowest BCUT2D eigenvalue weighted by Crippen LogP contribution is -2.00. The Labute approximate surface area is 198 Å². The van der Waals surface area contributed by atoms with Gasteiger partial charge in [0.2, 0.25) is 5.75 Å². The second-order valence-corrected chi connectivity index (χ2v) is 6.89. The molecule has 3 aromatic carbocycles. The summed E-state index contributed by atoms with van der Waals surface area (Å²) in [5.74, 6) is 3.40. The smallest absolute Gasteiger partial charge is 0.211 e. The average molecular weight is 472 g/mol. The maximum Gasteiger partial charge on any atom is 0.211 e. The van der Waals surface area contributed by atoms with Crippen LogP contribution in [-0.2, 0) is 0 Å². The first-order chi connectivity index (χ1) is 16.4. The predicted octanol–water partition coefficient (Wildman–Crippen LogP) is 4.91. The van der Waals surface area contributed by atoms with Crippen LogP contribution in [0.4, 0.5) is 0 Å². The number of phenols is 1. The summed E-state index contributed by atoms with van der Waals surface area (Å²) in [7, 11) is 10.7. The van der Waals surface area contributed by atoms with Gasteiger partial charge in [0, 0.05) is 36.4 Å². The lowest BCUT2D eigenvalue weighted by Gasteiger charge is -2.21. The van der Waals surface area contributed by atoms with Gasteiger partial charge in [-0.05, 0) is 0 Å². The highest BCUT2D eigenvalue weighted by atomic mass is 16.5. The fourth-order valence-electron chi connectivity index (χ4n) is 3.50.